The lowest BCUT2D eigenvalue weighted by Crippen LogP contribution is -2.38. The lowest BCUT2D eigenvalue weighted by atomic mass is 10.2. The average Bonchev–Trinajstić information content (AvgIpc) is 2.83. The normalized spacial score (nSPS) is 25.5. The van der Waals surface area contributed by atoms with Gasteiger partial charge in [-0.05, 0) is 51.7 Å². The molecule has 82 valence electrons. The molecule has 1 heterocycles. The molecule has 0 aromatic rings. The van der Waals surface area contributed by atoms with Crippen molar-refractivity contribution in [2.75, 3.05) is 26.2 Å². The molecule has 2 aliphatic rings. The molecule has 0 aromatic carbocycles. The van der Waals surface area contributed by atoms with Crippen LogP contribution in [-0.2, 0) is 0 Å². The molecule has 1 aliphatic heterocycles. The third-order valence-corrected chi connectivity index (χ3v) is 3.47. The summed E-state index contributed by atoms with van der Waals surface area (Å²) in [5.74, 6) is 1.07. The van der Waals surface area contributed by atoms with Crippen LogP contribution in [0.15, 0.2) is 0 Å². The van der Waals surface area contributed by atoms with E-state index in [-0.39, 0.29) is 0 Å². The lowest BCUT2D eigenvalue weighted by molar-refractivity contribution is 0.298. The van der Waals surface area contributed by atoms with Crippen LogP contribution in [0, 0.1) is 5.92 Å². The van der Waals surface area contributed by atoms with Crippen LogP contribution < -0.4 is 5.32 Å². The third kappa shape index (κ3) is 3.58. The molecule has 1 saturated heterocycles. The van der Waals surface area contributed by atoms with E-state index in [9.17, 15) is 0 Å². The monoisotopic (exact) mass is 196 g/mol. The van der Waals surface area contributed by atoms with E-state index in [1.165, 1.54) is 58.3 Å². The van der Waals surface area contributed by atoms with Crippen molar-refractivity contribution < 1.29 is 0 Å². The Morgan fingerprint density at radius 1 is 1.29 bits per heavy atom. The molecule has 2 nitrogen and oxygen atoms in total. The molecule has 1 aliphatic carbocycles. The minimum atomic E-state index is 0.687. The van der Waals surface area contributed by atoms with E-state index in [4.69, 9.17) is 0 Å². The smallest absolute Gasteiger partial charge is 0.0166 e. The van der Waals surface area contributed by atoms with Gasteiger partial charge < -0.3 is 10.2 Å². The number of likely N-dealkylation sites (tertiary alicyclic amines) is 1. The van der Waals surface area contributed by atoms with E-state index in [0.717, 1.165) is 5.92 Å². The first kappa shape index (κ1) is 10.4. The first-order chi connectivity index (χ1) is 6.84. The molecule has 2 fully saturated rings. The maximum atomic E-state index is 3.64. The summed E-state index contributed by atoms with van der Waals surface area (Å²) >= 11 is 0. The number of nitrogens with one attached hydrogen (secondary N) is 1. The Kier molecular flexibility index (Phi) is 3.82. The van der Waals surface area contributed by atoms with Gasteiger partial charge in [0.25, 0.3) is 0 Å². The molecule has 0 amide bonds. The Morgan fingerprint density at radius 3 is 2.64 bits per heavy atom. The van der Waals surface area contributed by atoms with Crippen LogP contribution >= 0.6 is 0 Å². The van der Waals surface area contributed by atoms with Gasteiger partial charge in [-0.2, -0.15) is 0 Å². The van der Waals surface area contributed by atoms with Gasteiger partial charge in [0.1, 0.15) is 0 Å². The summed E-state index contributed by atoms with van der Waals surface area (Å²) in [6.07, 6.45) is 7.21. The SMILES string of the molecule is CC(CN1CCCC1)NCCC1CC1. The van der Waals surface area contributed by atoms with Crippen molar-refractivity contribution in [3.05, 3.63) is 0 Å². The van der Waals surface area contributed by atoms with Crippen LogP contribution in [0.1, 0.15) is 39.0 Å². The molecule has 2 heteroatoms. The van der Waals surface area contributed by atoms with Gasteiger partial charge >= 0.3 is 0 Å². The highest BCUT2D eigenvalue weighted by Gasteiger charge is 2.20. The number of nitrogens with zero attached hydrogens (tertiary/aromatic N) is 1. The highest BCUT2D eigenvalue weighted by molar-refractivity contribution is 4.76. The van der Waals surface area contributed by atoms with Crippen molar-refractivity contribution in [2.45, 2.75) is 45.1 Å². The first-order valence-electron chi connectivity index (χ1n) is 6.30. The van der Waals surface area contributed by atoms with E-state index >= 15 is 0 Å². The second kappa shape index (κ2) is 5.13. The Balaban J connectivity index is 1.50. The fourth-order valence-corrected chi connectivity index (χ4v) is 2.36. The van der Waals surface area contributed by atoms with Crippen molar-refractivity contribution in [1.29, 1.82) is 0 Å². The molecular weight excluding hydrogens is 172 g/mol. The molecule has 1 unspecified atom stereocenters. The molecule has 2 rings (SSSR count). The molecule has 0 radical (unpaired) electrons. The minimum Gasteiger partial charge on any atom is -0.313 e. The first-order valence-corrected chi connectivity index (χ1v) is 6.30. The summed E-state index contributed by atoms with van der Waals surface area (Å²) in [6, 6.07) is 0.687. The zero-order valence-corrected chi connectivity index (χ0v) is 9.47. The van der Waals surface area contributed by atoms with Crippen LogP contribution in [0.25, 0.3) is 0 Å². The van der Waals surface area contributed by atoms with E-state index < -0.39 is 0 Å². The van der Waals surface area contributed by atoms with Gasteiger partial charge in [0.05, 0.1) is 0 Å². The quantitative estimate of drug-likeness (QED) is 0.697. The zero-order chi connectivity index (χ0) is 9.80. The third-order valence-electron chi connectivity index (χ3n) is 3.47. The maximum absolute atomic E-state index is 3.64. The average molecular weight is 196 g/mol. The Morgan fingerprint density at radius 2 is 2.00 bits per heavy atom. The second-order valence-electron chi connectivity index (χ2n) is 5.09. The molecule has 14 heavy (non-hydrogen) atoms. The predicted molar refractivity (Wildman–Crippen MR) is 60.5 cm³/mol. The summed E-state index contributed by atoms with van der Waals surface area (Å²) < 4.78 is 0. The summed E-state index contributed by atoms with van der Waals surface area (Å²) in [5.41, 5.74) is 0. The second-order valence-corrected chi connectivity index (χ2v) is 5.09. The van der Waals surface area contributed by atoms with E-state index in [1.807, 2.05) is 0 Å². The topological polar surface area (TPSA) is 15.3 Å². The van der Waals surface area contributed by atoms with Crippen molar-refractivity contribution in [1.82, 2.24) is 10.2 Å². The summed E-state index contributed by atoms with van der Waals surface area (Å²) in [5, 5.41) is 3.64. The summed E-state index contributed by atoms with van der Waals surface area (Å²) in [4.78, 5) is 2.59. The molecular formula is C12H24N2. The minimum absolute atomic E-state index is 0.687. The van der Waals surface area contributed by atoms with Crippen LogP contribution in [0.3, 0.4) is 0 Å². The number of hydrogen-bond acceptors (Lipinski definition) is 2. The number of rotatable bonds is 6. The molecule has 0 spiro atoms. The van der Waals surface area contributed by atoms with Crippen LogP contribution in [-0.4, -0.2) is 37.1 Å². The van der Waals surface area contributed by atoms with Gasteiger partial charge in [-0.25, -0.2) is 0 Å². The standard InChI is InChI=1S/C12H24N2/c1-11(10-14-8-2-3-9-14)13-7-6-12-4-5-12/h11-13H,2-10H2,1H3. The van der Waals surface area contributed by atoms with E-state index in [2.05, 4.69) is 17.1 Å². The van der Waals surface area contributed by atoms with Crippen molar-refractivity contribution in [3.8, 4) is 0 Å². The largest absolute Gasteiger partial charge is 0.313 e. The van der Waals surface area contributed by atoms with Crippen LogP contribution in [0.5, 0.6) is 0 Å². The zero-order valence-electron chi connectivity index (χ0n) is 9.47. The highest BCUT2D eigenvalue weighted by atomic mass is 15.2. The van der Waals surface area contributed by atoms with Crippen LogP contribution in [0.4, 0.5) is 0 Å². The summed E-state index contributed by atoms with van der Waals surface area (Å²) in [6.45, 7) is 7.47. The Hall–Kier alpha value is -0.0800. The molecule has 1 N–H and O–H groups in total. The van der Waals surface area contributed by atoms with Gasteiger partial charge in [-0.1, -0.05) is 12.8 Å². The van der Waals surface area contributed by atoms with E-state index in [0.29, 0.717) is 6.04 Å². The molecule has 0 bridgehead atoms. The van der Waals surface area contributed by atoms with Crippen LogP contribution in [0.2, 0.25) is 0 Å². The molecule has 0 aromatic heterocycles. The predicted octanol–water partition coefficient (Wildman–Crippen LogP) is 1.86. The van der Waals surface area contributed by atoms with Crippen molar-refractivity contribution in [3.63, 3.8) is 0 Å². The molecule has 1 saturated carbocycles. The van der Waals surface area contributed by atoms with Gasteiger partial charge in [-0.15, -0.1) is 0 Å². The number of hydrogen-bond donors (Lipinski definition) is 1. The highest BCUT2D eigenvalue weighted by Crippen LogP contribution is 2.31. The Bertz CT molecular complexity index is 160. The van der Waals surface area contributed by atoms with Crippen molar-refractivity contribution in [2.24, 2.45) is 5.92 Å². The fraction of sp³-hybridized carbons (Fsp3) is 1.00. The maximum Gasteiger partial charge on any atom is 0.0166 e. The van der Waals surface area contributed by atoms with Gasteiger partial charge in [-0.3, -0.25) is 0 Å². The van der Waals surface area contributed by atoms with Crippen molar-refractivity contribution >= 4 is 0 Å². The van der Waals surface area contributed by atoms with Gasteiger partial charge in [0.2, 0.25) is 0 Å². The van der Waals surface area contributed by atoms with E-state index in [1.54, 1.807) is 0 Å². The summed E-state index contributed by atoms with van der Waals surface area (Å²) in [7, 11) is 0. The van der Waals surface area contributed by atoms with Gasteiger partial charge in [0.15, 0.2) is 0 Å². The fourth-order valence-electron chi connectivity index (χ4n) is 2.36. The molecule has 1 atom stereocenters. The Labute approximate surface area is 88.1 Å². The lowest BCUT2D eigenvalue weighted by Gasteiger charge is -2.21. The van der Waals surface area contributed by atoms with Gasteiger partial charge in [0, 0.05) is 12.6 Å².